The van der Waals surface area contributed by atoms with Gasteiger partial charge in [0.25, 0.3) is 17.7 Å². The number of aliphatic hydroxyl groups is 1. The quantitative estimate of drug-likeness (QED) is 0.0377. The number of allylic oxidation sites excluding steroid dienone is 3. The molecule has 89 heavy (non-hydrogen) atoms. The average Bonchev–Trinajstić information content (AvgIpc) is 2.09. The van der Waals surface area contributed by atoms with Gasteiger partial charge in [-0.15, -0.1) is 5.06 Å². The monoisotopic (exact) mass is 1270 g/mol. The van der Waals surface area contributed by atoms with E-state index < -0.39 is 149 Å². The number of anilines is 2. The van der Waals surface area contributed by atoms with Crippen molar-refractivity contribution in [2.75, 3.05) is 45.1 Å². The van der Waals surface area contributed by atoms with Crippen molar-refractivity contribution in [3.05, 3.63) is 76.1 Å². The first kappa shape index (κ1) is 69.9. The maximum Gasteiger partial charge on any atom is 0.409 e. The summed E-state index contributed by atoms with van der Waals surface area (Å²) in [6.07, 6.45) is -0.563. The van der Waals surface area contributed by atoms with Crippen LogP contribution >= 0.6 is 11.6 Å². The lowest BCUT2D eigenvalue weighted by Crippen LogP contribution is -2.63. The topological polar surface area (TPSA) is 363 Å². The fourth-order valence-corrected chi connectivity index (χ4v) is 10.9. The fraction of sp³-hybridized carbons (Fsp3) is 0.550. The third-order valence-electron chi connectivity index (χ3n) is 16.0. The van der Waals surface area contributed by atoms with Crippen LogP contribution < -0.4 is 42.0 Å². The van der Waals surface area contributed by atoms with Gasteiger partial charge in [0.15, 0.2) is 5.72 Å². The van der Waals surface area contributed by atoms with Gasteiger partial charge in [0.05, 0.1) is 30.9 Å². The van der Waals surface area contributed by atoms with E-state index in [2.05, 4.69) is 26.6 Å². The summed E-state index contributed by atoms with van der Waals surface area (Å²) in [7, 11) is 5.51. The number of esters is 1. The van der Waals surface area contributed by atoms with E-state index in [1.54, 1.807) is 58.1 Å². The molecular weight excluding hydrogens is 1190 g/mol. The normalized spacial score (nSPS) is 24.7. The molecule has 486 valence electrons. The summed E-state index contributed by atoms with van der Waals surface area (Å²) in [6, 6.07) is 1.76. The van der Waals surface area contributed by atoms with Crippen LogP contribution in [0.25, 0.3) is 0 Å². The number of nitrogens with zero attached hydrogens (tertiary/aromatic N) is 3. The van der Waals surface area contributed by atoms with Crippen molar-refractivity contribution < 1.29 is 90.8 Å². The van der Waals surface area contributed by atoms with E-state index in [0.29, 0.717) is 17.0 Å². The Labute approximate surface area is 519 Å². The molecule has 2 aromatic carbocycles. The van der Waals surface area contributed by atoms with Gasteiger partial charge in [0.2, 0.25) is 23.6 Å². The molecule has 0 radical (unpaired) electrons. The molecule has 10 amide bonds. The van der Waals surface area contributed by atoms with Crippen LogP contribution in [0, 0.1) is 17.7 Å². The second kappa shape index (κ2) is 30.3. The highest BCUT2D eigenvalue weighted by Gasteiger charge is 2.64. The first-order valence-electron chi connectivity index (χ1n) is 29.1. The number of fused-ring (bicyclic) bond motifs is 5. The second-order valence-corrected chi connectivity index (χ2v) is 23.4. The van der Waals surface area contributed by atoms with Crippen molar-refractivity contribution in [1.29, 1.82) is 0 Å². The lowest BCUT2D eigenvalue weighted by atomic mass is 9.83. The van der Waals surface area contributed by atoms with Crippen LogP contribution in [0.4, 0.5) is 25.4 Å². The van der Waals surface area contributed by atoms with E-state index in [-0.39, 0.29) is 86.5 Å². The Hall–Kier alpha value is -8.21. The molecule has 8 N–H and O–H groups in total. The number of methoxy groups -OCH3 is 2. The molecule has 4 bridgehead atoms. The average molecular weight is 1270 g/mol. The van der Waals surface area contributed by atoms with E-state index in [1.165, 1.54) is 46.2 Å². The number of primary amides is 1. The highest BCUT2D eigenvalue weighted by atomic mass is 35.5. The number of halogens is 2. The van der Waals surface area contributed by atoms with Gasteiger partial charge in [0, 0.05) is 71.5 Å². The molecule has 4 aliphatic rings. The largest absolute Gasteiger partial charge is 0.495 e. The molecule has 0 aromatic heterocycles. The molecule has 0 unspecified atom stereocenters. The Bertz CT molecular complexity index is 3110. The molecule has 3 fully saturated rings. The van der Waals surface area contributed by atoms with E-state index in [9.17, 15) is 57.8 Å². The number of likely N-dealkylation sites (N-methyl/N-ethyl adjacent to an activating group) is 1. The number of urea groups is 1. The zero-order valence-corrected chi connectivity index (χ0v) is 52.1. The lowest BCUT2D eigenvalue weighted by Gasteiger charge is -2.42. The molecule has 2 aromatic rings. The van der Waals surface area contributed by atoms with Crippen molar-refractivity contribution >= 4 is 88.4 Å². The van der Waals surface area contributed by atoms with Gasteiger partial charge in [-0.2, -0.15) is 0 Å². The third kappa shape index (κ3) is 17.8. The van der Waals surface area contributed by atoms with Crippen LogP contribution in [0.1, 0.15) is 122 Å². The van der Waals surface area contributed by atoms with Gasteiger partial charge in [0.1, 0.15) is 58.6 Å². The molecule has 3 saturated heterocycles. The number of epoxide rings is 1. The molecule has 10 atom stereocenters. The maximum absolute atomic E-state index is 16.2. The van der Waals surface area contributed by atoms with Crippen molar-refractivity contribution in [3.8, 4) is 5.75 Å². The minimum absolute atomic E-state index is 0.00114. The number of carbonyl (C=O) groups is 11. The van der Waals surface area contributed by atoms with Gasteiger partial charge < -0.3 is 70.4 Å². The summed E-state index contributed by atoms with van der Waals surface area (Å²) in [4.78, 5) is 151. The minimum atomic E-state index is -1.95. The maximum atomic E-state index is 16.2. The predicted octanol–water partition coefficient (Wildman–Crippen LogP) is 4.15. The number of rotatable bonds is 22. The third-order valence-corrected chi connectivity index (χ3v) is 16.4. The second-order valence-electron chi connectivity index (χ2n) is 23.0. The van der Waals surface area contributed by atoms with Gasteiger partial charge in [-0.25, -0.2) is 23.6 Å². The van der Waals surface area contributed by atoms with Gasteiger partial charge in [-0.05, 0) is 94.7 Å². The number of nitrogens with one attached hydrogen (secondary N) is 5. The molecule has 4 heterocycles. The summed E-state index contributed by atoms with van der Waals surface area (Å²) in [5.74, 6) is -8.94. The Morgan fingerprint density at radius 2 is 1.65 bits per heavy atom. The Morgan fingerprint density at radius 1 is 0.966 bits per heavy atom. The molecule has 6 rings (SSSR count). The number of benzene rings is 2. The molecule has 0 aliphatic carbocycles. The van der Waals surface area contributed by atoms with Crippen LogP contribution in [-0.4, -0.2) is 169 Å². The summed E-state index contributed by atoms with van der Waals surface area (Å²) < 4.78 is 45.5. The van der Waals surface area contributed by atoms with Gasteiger partial charge in [-0.1, -0.05) is 56.2 Å². The lowest BCUT2D eigenvalue weighted by molar-refractivity contribution is -0.197. The Morgan fingerprint density at radius 3 is 2.29 bits per heavy atom. The molecule has 0 saturated carbocycles. The first-order valence-corrected chi connectivity index (χ1v) is 29.5. The summed E-state index contributed by atoms with van der Waals surface area (Å²) >= 11 is 6.83. The fourth-order valence-electron chi connectivity index (χ4n) is 10.6. The van der Waals surface area contributed by atoms with Crippen LogP contribution in [0.2, 0.25) is 5.02 Å². The number of hydrogen-bond donors (Lipinski definition) is 7. The number of imide groups is 1. The van der Waals surface area contributed by atoms with Crippen molar-refractivity contribution in [2.24, 2.45) is 17.6 Å². The number of alkyl carbamates (subject to hydrolysis) is 1. The Kier molecular flexibility index (Phi) is 23.8. The molecule has 29 heteroatoms. The van der Waals surface area contributed by atoms with Crippen molar-refractivity contribution in [3.63, 3.8) is 0 Å². The van der Waals surface area contributed by atoms with Crippen LogP contribution in [0.5, 0.6) is 5.75 Å². The number of unbranched alkanes of at least 4 members (excludes halogenated alkanes) is 1. The first-order chi connectivity index (χ1) is 41.9. The van der Waals surface area contributed by atoms with Crippen molar-refractivity contribution in [2.45, 2.75) is 166 Å². The zero-order chi connectivity index (χ0) is 65.8. The van der Waals surface area contributed by atoms with Gasteiger partial charge >= 0.3 is 24.1 Å². The molecule has 0 spiro atoms. The van der Waals surface area contributed by atoms with E-state index in [0.717, 1.165) is 22.6 Å². The Balaban J connectivity index is 1.15. The van der Waals surface area contributed by atoms with Crippen molar-refractivity contribution in [1.82, 2.24) is 31.2 Å². The van der Waals surface area contributed by atoms with Crippen LogP contribution in [0.3, 0.4) is 0 Å². The standard InChI is InChI=1S/C60H79ClFN9O18/c1-31(2)51(67-45(72)18-11-12-19-49(76)89-71-46(73)22-23-47(71)74)54(78)66-39(16-14-24-64-57(63)81)53(77)65-36-20-21-37(38(62)28-36)55(79)69(7)34(5)56(80)87-44-29-48(75)70(8)40-26-35(27-41(84-9)50(40)61)25-32(3)15-13-17-43(85-10)60(83)30-42(86-58(82)68-60)33(4)52-59(44,6)88-52/h13,15,17,20-21,26-28,31,33-34,39,42-44,51-52,83H,11-12,14,16,18-19,22-25,29-30H2,1-10H3,(H,65,77)(H,66,78)(H,67,72)(H,68,82)(H3,63,64,81)/b17-13+,32-15+/t33-,34+,39+,42+,43-,44+,51+,52+,59+,60+/m1/s1. The van der Waals surface area contributed by atoms with Crippen LogP contribution in [0.15, 0.2) is 54.1 Å². The molecule has 27 nitrogen and oxygen atoms in total. The number of ether oxygens (including phenoxy) is 5. The summed E-state index contributed by atoms with van der Waals surface area (Å²) in [6.45, 7) is 9.79. The number of carbonyl (C=O) groups excluding carboxylic acids is 11. The smallest absolute Gasteiger partial charge is 0.409 e. The van der Waals surface area contributed by atoms with E-state index in [4.69, 9.17) is 45.9 Å². The number of hydroxylamine groups is 2. The molecular formula is C60H79ClFN9O18. The zero-order valence-electron chi connectivity index (χ0n) is 51.4. The highest BCUT2D eigenvalue weighted by molar-refractivity contribution is 6.35. The number of amides is 10. The predicted molar refractivity (Wildman–Crippen MR) is 316 cm³/mol. The SMILES string of the molecule is COc1cc2cc(c1Cl)N(C)C(=O)C[C@H](OC(=O)[C@H](C)N(C)C(=O)c1ccc(NC(=O)[C@H](CCCNC(N)=O)NC(=O)[C@@H](NC(=O)CCCCC(=O)ON3C(=O)CCC3=O)C(C)C)cc1F)[C@]1(C)O[C@H]1[C@H](C)[C@@H]1C[C@@](O)(NC(=O)O1)[C@H](OC)/C=C/C=C(\C)C2. The van der Waals surface area contributed by atoms with Crippen LogP contribution in [-0.2, 0) is 68.6 Å². The van der Waals surface area contributed by atoms with E-state index in [1.807, 2.05) is 6.92 Å². The number of hydrogen-bond acceptors (Lipinski definition) is 18. The minimum Gasteiger partial charge on any atom is -0.495 e. The summed E-state index contributed by atoms with van der Waals surface area (Å²) in [5, 5.41) is 25.1. The molecule has 4 aliphatic heterocycles. The van der Waals surface area contributed by atoms with Gasteiger partial charge in [-0.3, -0.25) is 38.9 Å². The summed E-state index contributed by atoms with van der Waals surface area (Å²) in [5.41, 5.74) is 2.96. The van der Waals surface area contributed by atoms with E-state index >= 15 is 4.39 Å². The number of nitrogens with two attached hydrogens (primary N) is 1. The highest BCUT2D eigenvalue weighted by Crippen LogP contribution is 2.49.